The number of ketones is 1. The van der Waals surface area contributed by atoms with Crippen LogP contribution in [0.5, 0.6) is 0 Å². The summed E-state index contributed by atoms with van der Waals surface area (Å²) in [6, 6.07) is 7.47. The number of aromatic nitrogens is 2. The van der Waals surface area contributed by atoms with Gasteiger partial charge in [0.15, 0.2) is 0 Å². The van der Waals surface area contributed by atoms with Gasteiger partial charge in [0.2, 0.25) is 0 Å². The van der Waals surface area contributed by atoms with Gasteiger partial charge in [0.05, 0.1) is 11.0 Å². The van der Waals surface area contributed by atoms with E-state index in [0.29, 0.717) is 18.7 Å². The molecule has 0 saturated carbocycles. The van der Waals surface area contributed by atoms with E-state index < -0.39 is 0 Å². The Kier molecular flexibility index (Phi) is 3.04. The lowest BCUT2D eigenvalue weighted by molar-refractivity contribution is -0.117. The van der Waals surface area contributed by atoms with Gasteiger partial charge in [-0.2, -0.15) is 0 Å². The molecule has 2 rings (SSSR count). The van der Waals surface area contributed by atoms with Crippen molar-refractivity contribution >= 4 is 16.8 Å². The Labute approximate surface area is 98.9 Å². The van der Waals surface area contributed by atoms with E-state index in [2.05, 4.69) is 4.98 Å². The molecule has 0 atom stereocenters. The molecular formula is C13H14N2O2. The fraction of sp³-hybridized carbons (Fsp3) is 0.308. The van der Waals surface area contributed by atoms with Crippen molar-refractivity contribution in [3.63, 3.8) is 0 Å². The number of nitrogens with zero attached hydrogens (tertiary/aromatic N) is 2. The number of hydrogen-bond donors (Lipinski definition) is 0. The SMILES string of the molecule is CC(=O)CCn1c(=O)c(C)nc2ccccc21. The predicted molar refractivity (Wildman–Crippen MR) is 66.0 cm³/mol. The average Bonchev–Trinajstić information content (AvgIpc) is 2.29. The summed E-state index contributed by atoms with van der Waals surface area (Å²) in [4.78, 5) is 27.2. The molecule has 0 spiro atoms. The van der Waals surface area contributed by atoms with Gasteiger partial charge in [-0.1, -0.05) is 12.1 Å². The number of hydrogen-bond acceptors (Lipinski definition) is 3. The van der Waals surface area contributed by atoms with Crippen LogP contribution in [0.1, 0.15) is 19.0 Å². The smallest absolute Gasteiger partial charge is 0.272 e. The normalized spacial score (nSPS) is 10.7. The second kappa shape index (κ2) is 4.49. The molecule has 0 unspecified atom stereocenters. The van der Waals surface area contributed by atoms with Crippen LogP contribution in [0.4, 0.5) is 0 Å². The van der Waals surface area contributed by atoms with E-state index in [1.54, 1.807) is 11.5 Å². The number of fused-ring (bicyclic) bond motifs is 1. The Balaban J connectivity index is 2.61. The maximum atomic E-state index is 12.0. The summed E-state index contributed by atoms with van der Waals surface area (Å²) in [5.41, 5.74) is 1.91. The zero-order valence-corrected chi connectivity index (χ0v) is 9.93. The lowest BCUT2D eigenvalue weighted by Gasteiger charge is -2.09. The number of carbonyl (C=O) groups is 1. The minimum absolute atomic E-state index is 0.0791. The van der Waals surface area contributed by atoms with Crippen molar-refractivity contribution in [1.82, 2.24) is 9.55 Å². The van der Waals surface area contributed by atoms with Crippen LogP contribution in [0.3, 0.4) is 0 Å². The molecule has 0 radical (unpaired) electrons. The number of aryl methyl sites for hydroxylation is 2. The number of carbonyl (C=O) groups excluding carboxylic acids is 1. The van der Waals surface area contributed by atoms with Crippen LogP contribution in [0.25, 0.3) is 11.0 Å². The molecule has 4 heteroatoms. The average molecular weight is 230 g/mol. The van der Waals surface area contributed by atoms with Crippen LogP contribution in [0.2, 0.25) is 0 Å². The standard InChI is InChI=1S/C13H14N2O2/c1-9(16)7-8-15-12-6-4-3-5-11(12)14-10(2)13(15)17/h3-6H,7-8H2,1-2H3. The van der Waals surface area contributed by atoms with Gasteiger partial charge < -0.3 is 4.57 Å². The summed E-state index contributed by atoms with van der Waals surface area (Å²) in [5, 5.41) is 0. The Morgan fingerprint density at radius 3 is 2.76 bits per heavy atom. The van der Waals surface area contributed by atoms with Crippen molar-refractivity contribution in [2.75, 3.05) is 0 Å². The van der Waals surface area contributed by atoms with Crippen LogP contribution in [-0.2, 0) is 11.3 Å². The van der Waals surface area contributed by atoms with Gasteiger partial charge in [-0.15, -0.1) is 0 Å². The molecule has 88 valence electrons. The highest BCUT2D eigenvalue weighted by atomic mass is 16.1. The Morgan fingerprint density at radius 1 is 1.35 bits per heavy atom. The second-order valence-electron chi connectivity index (χ2n) is 4.09. The van der Waals surface area contributed by atoms with Gasteiger partial charge in [0.25, 0.3) is 5.56 Å². The van der Waals surface area contributed by atoms with Crippen LogP contribution >= 0.6 is 0 Å². The highest BCUT2D eigenvalue weighted by molar-refractivity contribution is 5.77. The van der Waals surface area contributed by atoms with Crippen LogP contribution < -0.4 is 5.56 Å². The lowest BCUT2D eigenvalue weighted by atomic mass is 10.2. The minimum Gasteiger partial charge on any atom is -0.305 e. The Hall–Kier alpha value is -1.97. The van der Waals surface area contributed by atoms with Crippen LogP contribution in [0, 0.1) is 6.92 Å². The van der Waals surface area contributed by atoms with Gasteiger partial charge in [-0.25, -0.2) is 4.98 Å². The largest absolute Gasteiger partial charge is 0.305 e. The zero-order chi connectivity index (χ0) is 12.4. The van der Waals surface area contributed by atoms with Crippen molar-refractivity contribution in [3.8, 4) is 0 Å². The number of rotatable bonds is 3. The molecule has 1 aromatic carbocycles. The molecular weight excluding hydrogens is 216 g/mol. The van der Waals surface area contributed by atoms with Crippen molar-refractivity contribution in [2.45, 2.75) is 26.8 Å². The summed E-state index contributed by atoms with van der Waals surface area (Å²) in [7, 11) is 0. The highest BCUT2D eigenvalue weighted by Gasteiger charge is 2.07. The third-order valence-corrected chi connectivity index (χ3v) is 2.70. The minimum atomic E-state index is -0.120. The van der Waals surface area contributed by atoms with Crippen LogP contribution in [0.15, 0.2) is 29.1 Å². The monoisotopic (exact) mass is 230 g/mol. The van der Waals surface area contributed by atoms with Crippen molar-refractivity contribution < 1.29 is 4.79 Å². The van der Waals surface area contributed by atoms with E-state index in [1.165, 1.54) is 6.92 Å². The molecule has 17 heavy (non-hydrogen) atoms. The van der Waals surface area contributed by atoms with Crippen molar-refractivity contribution in [3.05, 3.63) is 40.3 Å². The molecule has 0 fully saturated rings. The number of para-hydroxylation sites is 2. The van der Waals surface area contributed by atoms with Gasteiger partial charge >= 0.3 is 0 Å². The third-order valence-electron chi connectivity index (χ3n) is 2.70. The van der Waals surface area contributed by atoms with Gasteiger partial charge in [0.1, 0.15) is 11.5 Å². The van der Waals surface area contributed by atoms with E-state index in [0.717, 1.165) is 11.0 Å². The summed E-state index contributed by atoms with van der Waals surface area (Å²) in [6.45, 7) is 3.64. The molecule has 0 aliphatic carbocycles. The summed E-state index contributed by atoms with van der Waals surface area (Å²) in [6.07, 6.45) is 0.368. The van der Waals surface area contributed by atoms with E-state index in [9.17, 15) is 9.59 Å². The van der Waals surface area contributed by atoms with E-state index in [1.807, 2.05) is 24.3 Å². The Bertz CT molecular complexity index is 629. The summed E-state index contributed by atoms with van der Waals surface area (Å²) in [5.74, 6) is 0.0791. The van der Waals surface area contributed by atoms with Gasteiger partial charge in [-0.05, 0) is 26.0 Å². The highest BCUT2D eigenvalue weighted by Crippen LogP contribution is 2.10. The van der Waals surface area contributed by atoms with Gasteiger partial charge in [-0.3, -0.25) is 9.59 Å². The first-order chi connectivity index (χ1) is 8.09. The topological polar surface area (TPSA) is 52.0 Å². The first-order valence-electron chi connectivity index (χ1n) is 5.55. The number of Topliss-reactive ketones (excluding diaryl/α,β-unsaturated/α-hetero) is 1. The van der Waals surface area contributed by atoms with E-state index >= 15 is 0 Å². The zero-order valence-electron chi connectivity index (χ0n) is 9.93. The van der Waals surface area contributed by atoms with Gasteiger partial charge in [0, 0.05) is 13.0 Å². The molecule has 0 aliphatic heterocycles. The predicted octanol–water partition coefficient (Wildman–Crippen LogP) is 1.68. The van der Waals surface area contributed by atoms with Crippen LogP contribution in [-0.4, -0.2) is 15.3 Å². The first-order valence-corrected chi connectivity index (χ1v) is 5.55. The van der Waals surface area contributed by atoms with Crippen molar-refractivity contribution in [2.24, 2.45) is 0 Å². The Morgan fingerprint density at radius 2 is 2.06 bits per heavy atom. The molecule has 4 nitrogen and oxygen atoms in total. The quantitative estimate of drug-likeness (QED) is 0.806. The van der Waals surface area contributed by atoms with Crippen molar-refractivity contribution in [1.29, 1.82) is 0 Å². The maximum absolute atomic E-state index is 12.0. The fourth-order valence-electron chi connectivity index (χ4n) is 1.81. The molecule has 0 saturated heterocycles. The maximum Gasteiger partial charge on any atom is 0.272 e. The number of benzene rings is 1. The van der Waals surface area contributed by atoms with E-state index in [-0.39, 0.29) is 11.3 Å². The lowest BCUT2D eigenvalue weighted by Crippen LogP contribution is -2.24. The van der Waals surface area contributed by atoms with E-state index in [4.69, 9.17) is 0 Å². The molecule has 0 bridgehead atoms. The third kappa shape index (κ3) is 2.25. The molecule has 2 aromatic rings. The molecule has 0 N–H and O–H groups in total. The molecule has 0 aliphatic rings. The summed E-state index contributed by atoms with van der Waals surface area (Å²) < 4.78 is 1.62. The summed E-state index contributed by atoms with van der Waals surface area (Å²) >= 11 is 0. The fourth-order valence-corrected chi connectivity index (χ4v) is 1.81. The second-order valence-corrected chi connectivity index (χ2v) is 4.09. The molecule has 1 aromatic heterocycles. The molecule has 1 heterocycles. The molecule has 0 amide bonds. The first kappa shape index (κ1) is 11.5.